The monoisotopic (exact) mass is 347 g/mol. The summed E-state index contributed by atoms with van der Waals surface area (Å²) in [5.74, 6) is 0.501. The SMILES string of the molecule is C[C@@H](NC(=O)Cc1n[nH]c(=O)c2ccccc12)c1nc2ccccc2[nH]1. The number of fused-ring (bicyclic) bond motifs is 2. The van der Waals surface area contributed by atoms with Crippen LogP contribution < -0.4 is 10.9 Å². The molecule has 26 heavy (non-hydrogen) atoms. The minimum absolute atomic E-state index is 0.0713. The van der Waals surface area contributed by atoms with Crippen LogP contribution in [0, 0.1) is 0 Å². The summed E-state index contributed by atoms with van der Waals surface area (Å²) in [4.78, 5) is 32.0. The Balaban J connectivity index is 1.54. The molecule has 1 atom stereocenters. The highest BCUT2D eigenvalue weighted by Crippen LogP contribution is 2.16. The summed E-state index contributed by atoms with van der Waals surface area (Å²) in [6.45, 7) is 1.87. The lowest BCUT2D eigenvalue weighted by molar-refractivity contribution is -0.121. The molecule has 0 saturated carbocycles. The van der Waals surface area contributed by atoms with Crippen LogP contribution in [0.4, 0.5) is 0 Å². The molecule has 0 unspecified atom stereocenters. The van der Waals surface area contributed by atoms with Crippen molar-refractivity contribution in [2.45, 2.75) is 19.4 Å². The Bertz CT molecular complexity index is 1130. The largest absolute Gasteiger partial charge is 0.346 e. The van der Waals surface area contributed by atoms with E-state index in [1.54, 1.807) is 18.2 Å². The summed E-state index contributed by atoms with van der Waals surface area (Å²) >= 11 is 0. The van der Waals surface area contributed by atoms with Crippen LogP contribution in [-0.2, 0) is 11.2 Å². The molecule has 130 valence electrons. The van der Waals surface area contributed by atoms with Crippen LogP contribution in [0.25, 0.3) is 21.8 Å². The highest BCUT2D eigenvalue weighted by molar-refractivity contribution is 5.88. The van der Waals surface area contributed by atoms with E-state index in [-0.39, 0.29) is 23.9 Å². The fraction of sp³-hybridized carbons (Fsp3) is 0.158. The summed E-state index contributed by atoms with van der Waals surface area (Å²) in [6.07, 6.45) is 0.0713. The van der Waals surface area contributed by atoms with Gasteiger partial charge in [-0.25, -0.2) is 10.1 Å². The van der Waals surface area contributed by atoms with E-state index in [2.05, 4.69) is 25.5 Å². The van der Waals surface area contributed by atoms with Crippen molar-refractivity contribution in [2.75, 3.05) is 0 Å². The van der Waals surface area contributed by atoms with Gasteiger partial charge < -0.3 is 10.3 Å². The van der Waals surface area contributed by atoms with E-state index in [0.717, 1.165) is 11.0 Å². The fourth-order valence-corrected chi connectivity index (χ4v) is 3.00. The van der Waals surface area contributed by atoms with Gasteiger partial charge in [0, 0.05) is 5.39 Å². The number of aromatic amines is 2. The molecule has 1 amide bonds. The van der Waals surface area contributed by atoms with Gasteiger partial charge in [-0.1, -0.05) is 30.3 Å². The van der Waals surface area contributed by atoms with Crippen LogP contribution in [0.3, 0.4) is 0 Å². The summed E-state index contributed by atoms with van der Waals surface area (Å²) in [7, 11) is 0. The smallest absolute Gasteiger partial charge is 0.272 e. The van der Waals surface area contributed by atoms with E-state index in [4.69, 9.17) is 0 Å². The summed E-state index contributed by atoms with van der Waals surface area (Å²) < 4.78 is 0. The minimum atomic E-state index is -0.274. The molecule has 0 aliphatic rings. The van der Waals surface area contributed by atoms with Crippen molar-refractivity contribution < 1.29 is 4.79 Å². The number of carbonyl (C=O) groups is 1. The molecule has 0 spiro atoms. The maximum Gasteiger partial charge on any atom is 0.272 e. The van der Waals surface area contributed by atoms with Gasteiger partial charge >= 0.3 is 0 Å². The Hall–Kier alpha value is -3.48. The Morgan fingerprint density at radius 2 is 1.85 bits per heavy atom. The van der Waals surface area contributed by atoms with Crippen LogP contribution in [-0.4, -0.2) is 26.1 Å². The third-order valence-electron chi connectivity index (χ3n) is 4.30. The zero-order valence-corrected chi connectivity index (χ0v) is 14.1. The zero-order chi connectivity index (χ0) is 18.1. The van der Waals surface area contributed by atoms with Gasteiger partial charge in [0.1, 0.15) is 5.82 Å². The van der Waals surface area contributed by atoms with E-state index in [1.807, 2.05) is 37.3 Å². The van der Waals surface area contributed by atoms with Gasteiger partial charge in [-0.05, 0) is 25.1 Å². The second-order valence-corrected chi connectivity index (χ2v) is 6.15. The predicted molar refractivity (Wildman–Crippen MR) is 98.7 cm³/mol. The first kappa shape index (κ1) is 16.0. The van der Waals surface area contributed by atoms with Crippen LogP contribution >= 0.6 is 0 Å². The average molecular weight is 347 g/mol. The van der Waals surface area contributed by atoms with Crippen molar-refractivity contribution in [3.05, 3.63) is 70.4 Å². The van der Waals surface area contributed by atoms with E-state index in [1.165, 1.54) is 0 Å². The first-order valence-electron chi connectivity index (χ1n) is 8.32. The van der Waals surface area contributed by atoms with Crippen molar-refractivity contribution in [1.82, 2.24) is 25.5 Å². The van der Waals surface area contributed by atoms with Crippen LogP contribution in [0.2, 0.25) is 0 Å². The molecule has 2 aromatic carbocycles. The normalized spacial score (nSPS) is 12.3. The number of amides is 1. The Morgan fingerprint density at radius 3 is 2.65 bits per heavy atom. The molecule has 7 heteroatoms. The van der Waals surface area contributed by atoms with Gasteiger partial charge in [-0.15, -0.1) is 0 Å². The van der Waals surface area contributed by atoms with E-state index < -0.39 is 0 Å². The summed E-state index contributed by atoms with van der Waals surface area (Å²) in [5.41, 5.74) is 2.06. The third kappa shape index (κ3) is 2.95. The van der Waals surface area contributed by atoms with Crippen molar-refractivity contribution in [1.29, 1.82) is 0 Å². The number of rotatable bonds is 4. The number of hydrogen-bond donors (Lipinski definition) is 3. The van der Waals surface area contributed by atoms with Gasteiger partial charge in [-0.2, -0.15) is 5.10 Å². The average Bonchev–Trinajstić information content (AvgIpc) is 3.09. The molecule has 2 aromatic heterocycles. The lowest BCUT2D eigenvalue weighted by Gasteiger charge is -2.11. The van der Waals surface area contributed by atoms with Crippen molar-refractivity contribution >= 4 is 27.7 Å². The Labute approximate surface area is 148 Å². The van der Waals surface area contributed by atoms with Gasteiger partial charge in [0.2, 0.25) is 5.91 Å². The van der Waals surface area contributed by atoms with Crippen LogP contribution in [0.1, 0.15) is 24.5 Å². The van der Waals surface area contributed by atoms with Gasteiger partial charge in [0.05, 0.1) is 34.6 Å². The summed E-state index contributed by atoms with van der Waals surface area (Å²) in [6, 6.07) is 14.6. The van der Waals surface area contributed by atoms with Crippen LogP contribution in [0.5, 0.6) is 0 Å². The molecular formula is C19H17N5O2. The van der Waals surface area contributed by atoms with E-state index in [9.17, 15) is 9.59 Å². The standard InChI is InChI=1S/C19H17N5O2/c1-11(18-21-14-8-4-5-9-15(14)22-18)20-17(25)10-16-12-6-2-3-7-13(12)19(26)24-23-16/h2-9,11H,10H2,1H3,(H,20,25)(H,21,22)(H,24,26)/t11-/m1/s1. The van der Waals surface area contributed by atoms with Crippen molar-refractivity contribution in [3.8, 4) is 0 Å². The lowest BCUT2D eigenvalue weighted by Crippen LogP contribution is -2.29. The number of imidazole rings is 1. The molecule has 0 aliphatic carbocycles. The Morgan fingerprint density at radius 1 is 1.12 bits per heavy atom. The molecule has 2 heterocycles. The number of H-pyrrole nitrogens is 2. The Kier molecular flexibility index (Phi) is 3.96. The molecule has 4 aromatic rings. The first-order chi connectivity index (χ1) is 12.6. The number of para-hydroxylation sites is 2. The molecule has 3 N–H and O–H groups in total. The number of nitrogens with zero attached hydrogens (tertiary/aromatic N) is 2. The molecule has 0 saturated heterocycles. The number of aromatic nitrogens is 4. The zero-order valence-electron chi connectivity index (χ0n) is 14.1. The van der Waals surface area contributed by atoms with E-state index >= 15 is 0 Å². The number of hydrogen-bond acceptors (Lipinski definition) is 4. The minimum Gasteiger partial charge on any atom is -0.346 e. The lowest BCUT2D eigenvalue weighted by atomic mass is 10.1. The highest BCUT2D eigenvalue weighted by atomic mass is 16.1. The number of carbonyl (C=O) groups excluding carboxylic acids is 1. The van der Waals surface area contributed by atoms with Crippen molar-refractivity contribution in [2.24, 2.45) is 0 Å². The maximum atomic E-state index is 12.5. The summed E-state index contributed by atoms with van der Waals surface area (Å²) in [5, 5.41) is 10.6. The molecular weight excluding hydrogens is 330 g/mol. The topological polar surface area (TPSA) is 104 Å². The molecule has 0 aliphatic heterocycles. The predicted octanol–water partition coefficient (Wildman–Crippen LogP) is 2.22. The van der Waals surface area contributed by atoms with Crippen molar-refractivity contribution in [3.63, 3.8) is 0 Å². The van der Waals surface area contributed by atoms with E-state index in [0.29, 0.717) is 22.3 Å². The molecule has 0 fully saturated rings. The number of benzene rings is 2. The van der Waals surface area contributed by atoms with Gasteiger partial charge in [0.15, 0.2) is 0 Å². The number of nitrogens with one attached hydrogen (secondary N) is 3. The fourth-order valence-electron chi connectivity index (χ4n) is 3.00. The molecule has 4 rings (SSSR count). The van der Waals surface area contributed by atoms with Gasteiger partial charge in [-0.3, -0.25) is 9.59 Å². The molecule has 7 nitrogen and oxygen atoms in total. The second kappa shape index (κ2) is 6.44. The first-order valence-corrected chi connectivity index (χ1v) is 8.32. The van der Waals surface area contributed by atoms with Gasteiger partial charge in [0.25, 0.3) is 5.56 Å². The second-order valence-electron chi connectivity index (χ2n) is 6.15. The van der Waals surface area contributed by atoms with Crippen LogP contribution in [0.15, 0.2) is 53.3 Å². The molecule has 0 bridgehead atoms. The maximum absolute atomic E-state index is 12.5. The third-order valence-corrected chi connectivity index (χ3v) is 4.30. The highest BCUT2D eigenvalue weighted by Gasteiger charge is 2.16. The quantitative estimate of drug-likeness (QED) is 0.526. The molecule has 0 radical (unpaired) electrons.